The molecule has 0 bridgehead atoms. The third-order valence-electron chi connectivity index (χ3n) is 2.98. The molecular formula is C10H18Br2. The zero-order valence-corrected chi connectivity index (χ0v) is 10.8. The highest BCUT2D eigenvalue weighted by molar-refractivity contribution is 9.09. The second-order valence-corrected chi connectivity index (χ2v) is 5.16. The summed E-state index contributed by atoms with van der Waals surface area (Å²) < 4.78 is 0. The third kappa shape index (κ3) is 3.02. The van der Waals surface area contributed by atoms with E-state index in [0.29, 0.717) is 5.41 Å². The monoisotopic (exact) mass is 296 g/mol. The van der Waals surface area contributed by atoms with Gasteiger partial charge in [-0.1, -0.05) is 64.0 Å². The van der Waals surface area contributed by atoms with Crippen molar-refractivity contribution < 1.29 is 0 Å². The summed E-state index contributed by atoms with van der Waals surface area (Å²) in [7, 11) is 0. The summed E-state index contributed by atoms with van der Waals surface area (Å²) in [6, 6.07) is 0. The molecule has 1 aliphatic rings. The summed E-state index contributed by atoms with van der Waals surface area (Å²) in [4.78, 5) is 0. The second kappa shape index (κ2) is 5.64. The van der Waals surface area contributed by atoms with Crippen molar-refractivity contribution in [1.29, 1.82) is 0 Å². The first-order chi connectivity index (χ1) is 5.83. The molecule has 0 saturated heterocycles. The maximum atomic E-state index is 3.66. The minimum Gasteiger partial charge on any atom is -0.0922 e. The first-order valence-corrected chi connectivity index (χ1v) is 7.19. The Morgan fingerprint density at radius 3 is 1.58 bits per heavy atom. The fourth-order valence-corrected chi connectivity index (χ4v) is 4.01. The maximum absolute atomic E-state index is 3.66. The van der Waals surface area contributed by atoms with Crippen LogP contribution in [0.15, 0.2) is 0 Å². The Balaban J connectivity index is 2.45. The Kier molecular flexibility index (Phi) is 5.19. The SMILES string of the molecule is BrCC1(CBr)CCCCCCC1. The minimum atomic E-state index is 0.570. The van der Waals surface area contributed by atoms with Crippen LogP contribution in [0, 0.1) is 5.41 Å². The molecule has 0 aliphatic heterocycles. The van der Waals surface area contributed by atoms with Gasteiger partial charge < -0.3 is 0 Å². The smallest absolute Gasteiger partial charge is 0.00959 e. The van der Waals surface area contributed by atoms with Crippen molar-refractivity contribution in [3.63, 3.8) is 0 Å². The first-order valence-electron chi connectivity index (χ1n) is 4.95. The molecule has 2 heteroatoms. The molecule has 1 saturated carbocycles. The van der Waals surface area contributed by atoms with Crippen molar-refractivity contribution in [1.82, 2.24) is 0 Å². The van der Waals surface area contributed by atoms with E-state index < -0.39 is 0 Å². The first kappa shape index (κ1) is 11.0. The van der Waals surface area contributed by atoms with Gasteiger partial charge in [-0.15, -0.1) is 0 Å². The Bertz CT molecular complexity index is 109. The lowest BCUT2D eigenvalue weighted by molar-refractivity contribution is 0.284. The summed E-state index contributed by atoms with van der Waals surface area (Å²) >= 11 is 7.32. The molecule has 12 heavy (non-hydrogen) atoms. The van der Waals surface area contributed by atoms with E-state index in [-0.39, 0.29) is 0 Å². The molecule has 0 radical (unpaired) electrons. The maximum Gasteiger partial charge on any atom is 0.00959 e. The average Bonchev–Trinajstić information content (AvgIpc) is 2.06. The van der Waals surface area contributed by atoms with Crippen LogP contribution in [0.25, 0.3) is 0 Å². The highest BCUT2D eigenvalue weighted by Crippen LogP contribution is 2.37. The fourth-order valence-electron chi connectivity index (χ4n) is 1.96. The Morgan fingerprint density at radius 2 is 1.17 bits per heavy atom. The van der Waals surface area contributed by atoms with E-state index >= 15 is 0 Å². The van der Waals surface area contributed by atoms with Gasteiger partial charge in [-0.25, -0.2) is 0 Å². The summed E-state index contributed by atoms with van der Waals surface area (Å²) in [6.45, 7) is 0. The normalized spacial score (nSPS) is 24.5. The van der Waals surface area contributed by atoms with E-state index in [1.165, 1.54) is 55.6 Å². The van der Waals surface area contributed by atoms with E-state index in [0.717, 1.165) is 0 Å². The lowest BCUT2D eigenvalue weighted by atomic mass is 9.80. The van der Waals surface area contributed by atoms with E-state index in [1.807, 2.05) is 0 Å². The molecule has 1 rings (SSSR count). The standard InChI is InChI=1S/C10H18Br2/c11-8-10(9-12)6-4-2-1-3-5-7-10/h1-9H2. The highest BCUT2D eigenvalue weighted by Gasteiger charge is 2.27. The van der Waals surface area contributed by atoms with Crippen LogP contribution in [-0.2, 0) is 0 Å². The van der Waals surface area contributed by atoms with Gasteiger partial charge in [-0.05, 0) is 18.3 Å². The molecule has 0 unspecified atom stereocenters. The van der Waals surface area contributed by atoms with Gasteiger partial charge in [-0.2, -0.15) is 0 Å². The molecular weight excluding hydrogens is 280 g/mol. The number of hydrogen-bond donors (Lipinski definition) is 0. The molecule has 0 aromatic heterocycles. The lowest BCUT2D eigenvalue weighted by Gasteiger charge is -2.31. The van der Waals surface area contributed by atoms with E-state index in [4.69, 9.17) is 0 Å². The Morgan fingerprint density at radius 1 is 0.750 bits per heavy atom. The van der Waals surface area contributed by atoms with Crippen molar-refractivity contribution in [2.75, 3.05) is 10.7 Å². The van der Waals surface area contributed by atoms with Gasteiger partial charge in [0.15, 0.2) is 0 Å². The predicted octanol–water partition coefficient (Wildman–Crippen LogP) is 4.51. The molecule has 1 fully saturated rings. The van der Waals surface area contributed by atoms with Crippen LogP contribution in [0.5, 0.6) is 0 Å². The number of rotatable bonds is 2. The third-order valence-corrected chi connectivity index (χ3v) is 5.36. The van der Waals surface area contributed by atoms with Crippen LogP contribution in [-0.4, -0.2) is 10.7 Å². The van der Waals surface area contributed by atoms with Gasteiger partial charge in [0.1, 0.15) is 0 Å². The zero-order chi connectivity index (χ0) is 8.86. The van der Waals surface area contributed by atoms with Crippen molar-refractivity contribution in [2.45, 2.75) is 44.9 Å². The fraction of sp³-hybridized carbons (Fsp3) is 1.00. The molecule has 0 amide bonds. The van der Waals surface area contributed by atoms with Crippen molar-refractivity contribution in [2.24, 2.45) is 5.41 Å². The number of halogens is 2. The highest BCUT2D eigenvalue weighted by atomic mass is 79.9. The lowest BCUT2D eigenvalue weighted by Crippen LogP contribution is -2.25. The van der Waals surface area contributed by atoms with E-state index in [1.54, 1.807) is 0 Å². The molecule has 72 valence electrons. The summed E-state index contributed by atoms with van der Waals surface area (Å²) in [5.74, 6) is 0. The van der Waals surface area contributed by atoms with E-state index in [9.17, 15) is 0 Å². The van der Waals surface area contributed by atoms with Crippen LogP contribution in [0.3, 0.4) is 0 Å². The average molecular weight is 298 g/mol. The van der Waals surface area contributed by atoms with Gasteiger partial charge in [0, 0.05) is 10.7 Å². The molecule has 0 heterocycles. The quantitative estimate of drug-likeness (QED) is 0.658. The largest absolute Gasteiger partial charge is 0.0922 e. The van der Waals surface area contributed by atoms with Gasteiger partial charge in [0.25, 0.3) is 0 Å². The van der Waals surface area contributed by atoms with Crippen LogP contribution >= 0.6 is 31.9 Å². The topological polar surface area (TPSA) is 0 Å². The van der Waals surface area contributed by atoms with Crippen LogP contribution in [0.2, 0.25) is 0 Å². The molecule has 1 aliphatic carbocycles. The van der Waals surface area contributed by atoms with Gasteiger partial charge in [0.05, 0.1) is 0 Å². The van der Waals surface area contributed by atoms with Crippen molar-refractivity contribution in [3.05, 3.63) is 0 Å². The molecule has 0 aromatic rings. The number of hydrogen-bond acceptors (Lipinski definition) is 0. The van der Waals surface area contributed by atoms with Gasteiger partial charge in [-0.3, -0.25) is 0 Å². The van der Waals surface area contributed by atoms with Crippen molar-refractivity contribution >= 4 is 31.9 Å². The van der Waals surface area contributed by atoms with Crippen LogP contribution < -0.4 is 0 Å². The molecule has 0 N–H and O–H groups in total. The molecule has 0 nitrogen and oxygen atoms in total. The molecule has 0 aromatic carbocycles. The Labute approximate surface area is 92.8 Å². The summed E-state index contributed by atoms with van der Waals surface area (Å²) in [5.41, 5.74) is 0.570. The molecule has 0 spiro atoms. The molecule has 0 atom stereocenters. The minimum absolute atomic E-state index is 0.570. The van der Waals surface area contributed by atoms with E-state index in [2.05, 4.69) is 31.9 Å². The Hall–Kier alpha value is 0.960. The van der Waals surface area contributed by atoms with Crippen LogP contribution in [0.4, 0.5) is 0 Å². The summed E-state index contributed by atoms with van der Waals surface area (Å²) in [5, 5.41) is 2.34. The second-order valence-electron chi connectivity index (χ2n) is 4.04. The zero-order valence-electron chi connectivity index (χ0n) is 7.62. The van der Waals surface area contributed by atoms with Crippen molar-refractivity contribution in [3.8, 4) is 0 Å². The van der Waals surface area contributed by atoms with Gasteiger partial charge >= 0.3 is 0 Å². The number of alkyl halides is 2. The predicted molar refractivity (Wildman–Crippen MR) is 62.3 cm³/mol. The van der Waals surface area contributed by atoms with Gasteiger partial charge in [0.2, 0.25) is 0 Å². The van der Waals surface area contributed by atoms with Crippen LogP contribution in [0.1, 0.15) is 44.9 Å². The summed E-state index contributed by atoms with van der Waals surface area (Å²) in [6.07, 6.45) is 10.0.